The predicted octanol–water partition coefficient (Wildman–Crippen LogP) is 7.31. The van der Waals surface area contributed by atoms with Crippen molar-refractivity contribution in [1.82, 2.24) is 19.5 Å². The van der Waals surface area contributed by atoms with Crippen molar-refractivity contribution in [2.45, 2.75) is 65.0 Å². The molecule has 1 saturated carbocycles. The summed E-state index contributed by atoms with van der Waals surface area (Å²) in [7, 11) is 0. The average Bonchev–Trinajstić information content (AvgIpc) is 3.32. The molecule has 0 aliphatic heterocycles. The maximum Gasteiger partial charge on any atom is 0.433 e. The van der Waals surface area contributed by atoms with Gasteiger partial charge >= 0.3 is 6.09 Å². The van der Waals surface area contributed by atoms with Gasteiger partial charge in [0.2, 0.25) is 5.95 Å². The lowest BCUT2D eigenvalue weighted by molar-refractivity contribution is 0.205. The molecular formula is C31H36ClN7O2. The van der Waals surface area contributed by atoms with E-state index in [4.69, 9.17) is 27.3 Å². The van der Waals surface area contributed by atoms with Gasteiger partial charge in [-0.15, -0.1) is 0 Å². The minimum atomic E-state index is -1.42. The van der Waals surface area contributed by atoms with Crippen LogP contribution in [-0.4, -0.2) is 36.6 Å². The molecule has 4 aromatic rings. The Morgan fingerprint density at radius 3 is 2.46 bits per heavy atom. The van der Waals surface area contributed by atoms with Gasteiger partial charge in [-0.25, -0.2) is 14.8 Å². The summed E-state index contributed by atoms with van der Waals surface area (Å²) in [6, 6.07) is 17.7. The van der Waals surface area contributed by atoms with Crippen molar-refractivity contribution in [1.29, 1.82) is 0 Å². The minimum absolute atomic E-state index is 0.00429. The van der Waals surface area contributed by atoms with E-state index in [0.29, 0.717) is 28.2 Å². The van der Waals surface area contributed by atoms with Crippen LogP contribution < -0.4 is 11.1 Å². The van der Waals surface area contributed by atoms with E-state index in [1.807, 2.05) is 36.4 Å². The number of imidazole rings is 1. The number of nitrogens with one attached hydrogen (secondary N) is 1. The van der Waals surface area contributed by atoms with E-state index < -0.39 is 6.09 Å². The zero-order valence-electron chi connectivity index (χ0n) is 23.4. The van der Waals surface area contributed by atoms with E-state index in [2.05, 4.69) is 45.8 Å². The first kappa shape index (κ1) is 28.5. The third-order valence-electron chi connectivity index (χ3n) is 8.04. The topological polar surface area (TPSA) is 131 Å². The third-order valence-corrected chi connectivity index (χ3v) is 8.28. The number of carbonyl (C=O) groups is 1. The van der Waals surface area contributed by atoms with E-state index in [9.17, 15) is 9.90 Å². The normalized spacial score (nSPS) is 18.4. The highest BCUT2D eigenvalue weighted by Crippen LogP contribution is 2.36. The maximum atomic E-state index is 11.3. The molecule has 1 fully saturated rings. The molecule has 10 heteroatoms. The van der Waals surface area contributed by atoms with Crippen LogP contribution in [0.4, 0.5) is 10.7 Å². The predicted molar refractivity (Wildman–Crippen MR) is 163 cm³/mol. The van der Waals surface area contributed by atoms with Crippen molar-refractivity contribution in [2.75, 3.05) is 5.32 Å². The van der Waals surface area contributed by atoms with E-state index in [-0.39, 0.29) is 17.7 Å². The third kappa shape index (κ3) is 6.51. The SMILES string of the molecule is CCC1CCC(Cn2c(NC(CC)c3ccccc3)nc3nc(C(N)=NC(=O)O)nc(-c4cccc(Cl)c4)c32)CC1. The molecular weight excluding hydrogens is 538 g/mol. The summed E-state index contributed by atoms with van der Waals surface area (Å²) in [6.07, 6.45) is 5.40. The molecule has 1 aliphatic carbocycles. The number of hydrogen-bond acceptors (Lipinski definition) is 5. The number of halogens is 1. The second-order valence-corrected chi connectivity index (χ2v) is 11.2. The first-order chi connectivity index (χ1) is 19.9. The molecule has 1 atom stereocenters. The Hall–Kier alpha value is -3.98. The van der Waals surface area contributed by atoms with Crippen LogP contribution in [0.3, 0.4) is 0 Å². The molecule has 1 aliphatic rings. The van der Waals surface area contributed by atoms with Gasteiger partial charge in [0.1, 0.15) is 11.2 Å². The lowest BCUT2D eigenvalue weighted by Gasteiger charge is -2.29. The van der Waals surface area contributed by atoms with E-state index in [1.165, 1.54) is 19.3 Å². The fourth-order valence-electron chi connectivity index (χ4n) is 5.77. The monoisotopic (exact) mass is 573 g/mol. The number of rotatable bonds is 9. The molecule has 0 bridgehead atoms. The van der Waals surface area contributed by atoms with Gasteiger partial charge in [0.25, 0.3) is 0 Å². The van der Waals surface area contributed by atoms with Gasteiger partial charge in [-0.05, 0) is 48.8 Å². The number of anilines is 1. The Morgan fingerprint density at radius 1 is 1.07 bits per heavy atom. The largest absolute Gasteiger partial charge is 0.463 e. The van der Waals surface area contributed by atoms with Gasteiger partial charge < -0.3 is 20.7 Å². The molecule has 0 spiro atoms. The van der Waals surface area contributed by atoms with Crippen LogP contribution in [0.2, 0.25) is 5.02 Å². The van der Waals surface area contributed by atoms with Crippen LogP contribution >= 0.6 is 11.6 Å². The number of amidine groups is 1. The number of benzene rings is 2. The first-order valence-electron chi connectivity index (χ1n) is 14.3. The van der Waals surface area contributed by atoms with Crippen LogP contribution in [0.5, 0.6) is 0 Å². The maximum absolute atomic E-state index is 11.3. The fraction of sp³-hybridized carbons (Fsp3) is 0.387. The standard InChI is InChI=1S/C31H36ClN7O2/c1-3-19-13-15-20(16-14-19)18-39-26-25(22-11-8-12-23(32)17-22)35-29(27(33)36-31(40)41)37-28(26)38-30(39)34-24(4-2)21-9-6-5-7-10-21/h5-12,17,19-20,24H,3-4,13-16,18H2,1-2H3,(H2,33,36)(H,40,41)(H,34,35,37,38). The second kappa shape index (κ2) is 12.7. The smallest absolute Gasteiger partial charge is 0.433 e. The number of carboxylic acid groups (broad SMARTS) is 1. The van der Waals surface area contributed by atoms with Crippen LogP contribution in [0.1, 0.15) is 69.8 Å². The number of nitrogens with two attached hydrogens (primary N) is 1. The number of aromatic nitrogens is 4. The molecule has 1 amide bonds. The minimum Gasteiger partial charge on any atom is -0.463 e. The summed E-state index contributed by atoms with van der Waals surface area (Å²) in [5.41, 5.74) is 9.70. The molecule has 214 valence electrons. The van der Waals surface area contributed by atoms with Gasteiger partial charge in [-0.3, -0.25) is 0 Å². The molecule has 2 heterocycles. The van der Waals surface area contributed by atoms with Crippen molar-refractivity contribution in [2.24, 2.45) is 22.6 Å². The summed E-state index contributed by atoms with van der Waals surface area (Å²) in [4.78, 5) is 29.1. The Kier molecular flexibility index (Phi) is 8.83. The van der Waals surface area contributed by atoms with E-state index >= 15 is 0 Å². The first-order valence-corrected chi connectivity index (χ1v) is 14.7. The molecule has 0 radical (unpaired) electrons. The summed E-state index contributed by atoms with van der Waals surface area (Å²) < 4.78 is 2.20. The molecule has 1 unspecified atom stereocenters. The van der Waals surface area contributed by atoms with E-state index in [1.54, 1.807) is 6.07 Å². The number of fused-ring (bicyclic) bond motifs is 1. The van der Waals surface area contributed by atoms with Gasteiger partial charge in [0.05, 0.1) is 6.04 Å². The Morgan fingerprint density at radius 2 is 1.80 bits per heavy atom. The molecule has 2 aromatic heterocycles. The summed E-state index contributed by atoms with van der Waals surface area (Å²) >= 11 is 6.40. The fourth-order valence-corrected chi connectivity index (χ4v) is 5.96. The van der Waals surface area contributed by atoms with Crippen LogP contribution in [0.15, 0.2) is 59.6 Å². The molecule has 2 aromatic carbocycles. The summed E-state index contributed by atoms with van der Waals surface area (Å²) in [5.74, 6) is 1.68. The van der Waals surface area contributed by atoms with Gasteiger partial charge in [0.15, 0.2) is 17.3 Å². The second-order valence-electron chi connectivity index (χ2n) is 10.7. The molecule has 41 heavy (non-hydrogen) atoms. The highest BCUT2D eigenvalue weighted by Gasteiger charge is 2.26. The lowest BCUT2D eigenvalue weighted by atomic mass is 9.81. The molecule has 9 nitrogen and oxygen atoms in total. The van der Waals surface area contributed by atoms with Crippen LogP contribution in [-0.2, 0) is 6.54 Å². The van der Waals surface area contributed by atoms with Gasteiger partial charge in [0, 0.05) is 17.1 Å². The van der Waals surface area contributed by atoms with Crippen molar-refractivity contribution < 1.29 is 9.90 Å². The Bertz CT molecular complexity index is 1550. The van der Waals surface area contributed by atoms with E-state index in [0.717, 1.165) is 48.4 Å². The quantitative estimate of drug-likeness (QED) is 0.141. The number of aliphatic imine (C=N–C) groups is 1. The van der Waals surface area contributed by atoms with Crippen LogP contribution in [0.25, 0.3) is 22.4 Å². The average molecular weight is 574 g/mol. The number of amides is 1. The number of hydrogen-bond donors (Lipinski definition) is 3. The zero-order chi connectivity index (χ0) is 28.9. The Balaban J connectivity index is 1.69. The lowest BCUT2D eigenvalue weighted by Crippen LogP contribution is -2.22. The van der Waals surface area contributed by atoms with Crippen molar-refractivity contribution >= 4 is 40.6 Å². The summed E-state index contributed by atoms with van der Waals surface area (Å²) in [6.45, 7) is 5.17. The Labute approximate surface area is 244 Å². The summed E-state index contributed by atoms with van der Waals surface area (Å²) in [5, 5.41) is 13.5. The molecule has 0 saturated heterocycles. The van der Waals surface area contributed by atoms with Crippen molar-refractivity contribution in [3.05, 3.63) is 71.0 Å². The van der Waals surface area contributed by atoms with Crippen molar-refractivity contribution in [3.63, 3.8) is 0 Å². The van der Waals surface area contributed by atoms with Crippen molar-refractivity contribution in [3.8, 4) is 11.3 Å². The zero-order valence-corrected chi connectivity index (χ0v) is 24.2. The highest BCUT2D eigenvalue weighted by molar-refractivity contribution is 6.30. The number of nitrogens with zero attached hydrogens (tertiary/aromatic N) is 5. The highest BCUT2D eigenvalue weighted by atomic mass is 35.5. The van der Waals surface area contributed by atoms with Gasteiger partial charge in [-0.1, -0.05) is 87.2 Å². The molecule has 5 rings (SSSR count). The molecule has 4 N–H and O–H groups in total. The van der Waals surface area contributed by atoms with Gasteiger partial charge in [-0.2, -0.15) is 9.98 Å². The van der Waals surface area contributed by atoms with Crippen LogP contribution in [0, 0.1) is 11.8 Å².